The Balaban J connectivity index is 2.43. The number of ether oxygens (including phenoxy) is 3. The third kappa shape index (κ3) is 2.59. The minimum Gasteiger partial charge on any atom is -0.496 e. The molecule has 0 spiro atoms. The van der Waals surface area contributed by atoms with Gasteiger partial charge in [-0.1, -0.05) is 6.07 Å². The molecule has 3 nitrogen and oxygen atoms in total. The van der Waals surface area contributed by atoms with Gasteiger partial charge in [0.15, 0.2) is 0 Å². The molecule has 0 bridgehead atoms. The molecule has 0 atom stereocenters. The molecule has 0 fully saturated rings. The summed E-state index contributed by atoms with van der Waals surface area (Å²) >= 11 is 1.72. The molecule has 2 aromatic rings. The zero-order valence-corrected chi connectivity index (χ0v) is 11.5. The van der Waals surface area contributed by atoms with Crippen molar-refractivity contribution in [2.24, 2.45) is 0 Å². The third-order valence-electron chi connectivity index (χ3n) is 2.75. The zero-order valence-electron chi connectivity index (χ0n) is 10.7. The summed E-state index contributed by atoms with van der Waals surface area (Å²) in [5, 5.41) is 2.07. The number of hydrogen-bond donors (Lipinski definition) is 0. The van der Waals surface area contributed by atoms with Gasteiger partial charge in [0.1, 0.15) is 17.2 Å². The van der Waals surface area contributed by atoms with Crippen molar-refractivity contribution >= 4 is 11.3 Å². The van der Waals surface area contributed by atoms with Crippen molar-refractivity contribution in [3.63, 3.8) is 0 Å². The van der Waals surface area contributed by atoms with Crippen molar-refractivity contribution in [2.75, 3.05) is 21.3 Å². The van der Waals surface area contributed by atoms with Crippen molar-refractivity contribution in [1.29, 1.82) is 0 Å². The SMILES string of the molecule is COc1cc(OC)c(Cc2cccs2)c(OC)c1. The molecule has 0 aliphatic heterocycles. The molecule has 4 heteroatoms. The fourth-order valence-corrected chi connectivity index (χ4v) is 2.56. The van der Waals surface area contributed by atoms with Crippen molar-refractivity contribution in [3.05, 3.63) is 40.1 Å². The summed E-state index contributed by atoms with van der Waals surface area (Å²) < 4.78 is 16.1. The Morgan fingerprint density at radius 1 is 1.00 bits per heavy atom. The van der Waals surface area contributed by atoms with Gasteiger partial charge in [-0.3, -0.25) is 0 Å². The van der Waals surface area contributed by atoms with E-state index in [0.29, 0.717) is 0 Å². The second kappa shape index (κ2) is 5.78. The first-order valence-electron chi connectivity index (χ1n) is 5.59. The lowest BCUT2D eigenvalue weighted by Gasteiger charge is -2.14. The molecule has 0 aliphatic carbocycles. The molecule has 0 amide bonds. The molecule has 0 aliphatic rings. The number of hydrogen-bond acceptors (Lipinski definition) is 4. The molecular weight excluding hydrogens is 248 g/mol. The van der Waals surface area contributed by atoms with Gasteiger partial charge in [0.05, 0.1) is 21.3 Å². The van der Waals surface area contributed by atoms with Gasteiger partial charge in [0, 0.05) is 29.0 Å². The molecule has 1 heterocycles. The molecule has 0 saturated carbocycles. The van der Waals surface area contributed by atoms with E-state index in [9.17, 15) is 0 Å². The first-order valence-corrected chi connectivity index (χ1v) is 6.47. The van der Waals surface area contributed by atoms with E-state index in [1.54, 1.807) is 32.7 Å². The highest BCUT2D eigenvalue weighted by Crippen LogP contribution is 2.36. The van der Waals surface area contributed by atoms with E-state index in [0.717, 1.165) is 29.2 Å². The van der Waals surface area contributed by atoms with Crippen LogP contribution in [0.2, 0.25) is 0 Å². The molecule has 18 heavy (non-hydrogen) atoms. The second-order valence-electron chi connectivity index (χ2n) is 3.77. The molecule has 2 rings (SSSR count). The number of methoxy groups -OCH3 is 3. The van der Waals surface area contributed by atoms with Crippen LogP contribution in [-0.2, 0) is 6.42 Å². The molecule has 1 aromatic heterocycles. The number of thiophene rings is 1. The van der Waals surface area contributed by atoms with Crippen LogP contribution in [0, 0.1) is 0 Å². The smallest absolute Gasteiger partial charge is 0.129 e. The van der Waals surface area contributed by atoms with E-state index >= 15 is 0 Å². The Labute approximate surface area is 111 Å². The van der Waals surface area contributed by atoms with E-state index in [1.165, 1.54) is 4.88 Å². The predicted octanol–water partition coefficient (Wildman–Crippen LogP) is 3.36. The van der Waals surface area contributed by atoms with Crippen molar-refractivity contribution in [3.8, 4) is 17.2 Å². The lowest BCUT2D eigenvalue weighted by atomic mass is 10.1. The van der Waals surface area contributed by atoms with E-state index in [2.05, 4.69) is 11.4 Å². The van der Waals surface area contributed by atoms with E-state index in [1.807, 2.05) is 18.2 Å². The summed E-state index contributed by atoms with van der Waals surface area (Å²) in [6, 6.07) is 7.91. The first-order chi connectivity index (χ1) is 8.78. The maximum absolute atomic E-state index is 5.42. The molecule has 0 unspecified atom stereocenters. The summed E-state index contributed by atoms with van der Waals surface area (Å²) in [6.07, 6.45) is 0.800. The first kappa shape index (κ1) is 12.8. The van der Waals surface area contributed by atoms with Crippen LogP contribution in [-0.4, -0.2) is 21.3 Å². The highest BCUT2D eigenvalue weighted by molar-refractivity contribution is 7.09. The molecule has 1 aromatic carbocycles. The lowest BCUT2D eigenvalue weighted by molar-refractivity contribution is 0.370. The van der Waals surface area contributed by atoms with Crippen LogP contribution in [0.4, 0.5) is 0 Å². The fraction of sp³-hybridized carbons (Fsp3) is 0.286. The van der Waals surface area contributed by atoms with Gasteiger partial charge in [-0.2, -0.15) is 0 Å². The van der Waals surface area contributed by atoms with E-state index < -0.39 is 0 Å². The van der Waals surface area contributed by atoms with Crippen LogP contribution in [0.1, 0.15) is 10.4 Å². The molecule has 0 radical (unpaired) electrons. The van der Waals surface area contributed by atoms with Crippen LogP contribution in [0.5, 0.6) is 17.2 Å². The molecule has 0 saturated heterocycles. The van der Waals surface area contributed by atoms with Crippen LogP contribution in [0.25, 0.3) is 0 Å². The molecule has 96 valence electrons. The summed E-state index contributed by atoms with van der Waals surface area (Å²) in [4.78, 5) is 1.27. The van der Waals surface area contributed by atoms with Crippen LogP contribution in [0.15, 0.2) is 29.6 Å². The quantitative estimate of drug-likeness (QED) is 0.828. The number of benzene rings is 1. The minimum atomic E-state index is 0.735. The Hall–Kier alpha value is -1.68. The highest BCUT2D eigenvalue weighted by Gasteiger charge is 2.14. The van der Waals surface area contributed by atoms with Crippen molar-refractivity contribution in [2.45, 2.75) is 6.42 Å². The molecule has 0 N–H and O–H groups in total. The van der Waals surface area contributed by atoms with Crippen molar-refractivity contribution < 1.29 is 14.2 Å². The summed E-state index contributed by atoms with van der Waals surface area (Å²) in [7, 11) is 4.95. The average molecular weight is 264 g/mol. The zero-order chi connectivity index (χ0) is 13.0. The Morgan fingerprint density at radius 2 is 1.67 bits per heavy atom. The minimum absolute atomic E-state index is 0.735. The fourth-order valence-electron chi connectivity index (χ4n) is 1.84. The van der Waals surface area contributed by atoms with Crippen LogP contribution < -0.4 is 14.2 Å². The van der Waals surface area contributed by atoms with Gasteiger partial charge >= 0.3 is 0 Å². The van der Waals surface area contributed by atoms with Gasteiger partial charge in [0.25, 0.3) is 0 Å². The summed E-state index contributed by atoms with van der Waals surface area (Å²) in [5.41, 5.74) is 1.04. The van der Waals surface area contributed by atoms with Gasteiger partial charge < -0.3 is 14.2 Å². The topological polar surface area (TPSA) is 27.7 Å². The summed E-state index contributed by atoms with van der Waals surface area (Å²) in [6.45, 7) is 0. The summed E-state index contributed by atoms with van der Waals surface area (Å²) in [5.74, 6) is 2.32. The highest BCUT2D eigenvalue weighted by atomic mass is 32.1. The predicted molar refractivity (Wildman–Crippen MR) is 73.2 cm³/mol. The van der Waals surface area contributed by atoms with Crippen LogP contribution in [0.3, 0.4) is 0 Å². The largest absolute Gasteiger partial charge is 0.496 e. The second-order valence-corrected chi connectivity index (χ2v) is 4.80. The van der Waals surface area contributed by atoms with Gasteiger partial charge in [0.2, 0.25) is 0 Å². The standard InChI is InChI=1S/C14H16O3S/c1-15-10-7-13(16-2)12(14(8-10)17-3)9-11-5-4-6-18-11/h4-8H,9H2,1-3H3. The van der Waals surface area contributed by atoms with Gasteiger partial charge in [-0.15, -0.1) is 11.3 Å². The Kier molecular flexibility index (Phi) is 4.10. The van der Waals surface area contributed by atoms with Crippen molar-refractivity contribution in [1.82, 2.24) is 0 Å². The Bertz CT molecular complexity index is 481. The average Bonchev–Trinajstić information content (AvgIpc) is 2.91. The van der Waals surface area contributed by atoms with E-state index in [-0.39, 0.29) is 0 Å². The molecular formula is C14H16O3S. The van der Waals surface area contributed by atoms with E-state index in [4.69, 9.17) is 14.2 Å². The number of rotatable bonds is 5. The van der Waals surface area contributed by atoms with Gasteiger partial charge in [-0.05, 0) is 11.4 Å². The Morgan fingerprint density at radius 3 is 2.11 bits per heavy atom. The maximum atomic E-state index is 5.42. The third-order valence-corrected chi connectivity index (χ3v) is 3.62. The lowest BCUT2D eigenvalue weighted by Crippen LogP contribution is -1.98. The van der Waals surface area contributed by atoms with Crippen LogP contribution >= 0.6 is 11.3 Å². The van der Waals surface area contributed by atoms with Gasteiger partial charge in [-0.25, -0.2) is 0 Å². The maximum Gasteiger partial charge on any atom is 0.129 e. The monoisotopic (exact) mass is 264 g/mol. The normalized spacial score (nSPS) is 10.2.